The van der Waals surface area contributed by atoms with Crippen LogP contribution in [-0.4, -0.2) is 18.3 Å². The fourth-order valence-corrected chi connectivity index (χ4v) is 2.95. The lowest BCUT2D eigenvalue weighted by molar-refractivity contribution is 0.475. The summed E-state index contributed by atoms with van der Waals surface area (Å²) in [6.45, 7) is 5.16. The molecule has 5 heteroatoms. The highest BCUT2D eigenvalue weighted by atomic mass is 35.5. The third kappa shape index (κ3) is 2.18. The van der Waals surface area contributed by atoms with Crippen LogP contribution in [0.15, 0.2) is 23.1 Å². The highest BCUT2D eigenvalue weighted by molar-refractivity contribution is 7.92. The van der Waals surface area contributed by atoms with Crippen LogP contribution in [0.2, 0.25) is 5.02 Å². The van der Waals surface area contributed by atoms with Gasteiger partial charge in [-0.15, -0.1) is 0 Å². The van der Waals surface area contributed by atoms with Crippen molar-refractivity contribution in [1.29, 1.82) is 0 Å². The Balaban J connectivity index is 3.34. The zero-order valence-electron chi connectivity index (χ0n) is 9.49. The molecule has 0 unspecified atom stereocenters. The van der Waals surface area contributed by atoms with E-state index in [0.717, 1.165) is 0 Å². The Morgan fingerprint density at radius 2 is 1.94 bits per heavy atom. The molecule has 0 spiro atoms. The van der Waals surface area contributed by atoms with Crippen LogP contribution in [0, 0.1) is 0 Å². The van der Waals surface area contributed by atoms with E-state index in [0.29, 0.717) is 6.42 Å². The van der Waals surface area contributed by atoms with Crippen LogP contribution in [0.1, 0.15) is 27.2 Å². The van der Waals surface area contributed by atoms with E-state index in [1.807, 2.05) is 6.92 Å². The molecule has 0 bridgehead atoms. The van der Waals surface area contributed by atoms with Crippen molar-refractivity contribution in [3.8, 4) is 5.75 Å². The number of halogens is 1. The van der Waals surface area contributed by atoms with Crippen molar-refractivity contribution < 1.29 is 13.5 Å². The van der Waals surface area contributed by atoms with Gasteiger partial charge in [0.25, 0.3) is 0 Å². The number of sulfone groups is 1. The van der Waals surface area contributed by atoms with Crippen molar-refractivity contribution in [2.45, 2.75) is 36.8 Å². The molecular weight excluding hydrogens is 248 g/mol. The molecule has 0 aliphatic rings. The molecule has 0 atom stereocenters. The molecule has 90 valence electrons. The Bertz CT molecular complexity index is 492. The minimum absolute atomic E-state index is 0.0491. The molecule has 0 radical (unpaired) electrons. The van der Waals surface area contributed by atoms with E-state index in [2.05, 4.69) is 0 Å². The van der Waals surface area contributed by atoms with Gasteiger partial charge in [-0.1, -0.05) is 18.5 Å². The van der Waals surface area contributed by atoms with Crippen LogP contribution >= 0.6 is 11.6 Å². The van der Waals surface area contributed by atoms with E-state index in [-0.39, 0.29) is 15.7 Å². The number of phenolic OH excluding ortho intramolecular Hbond substituents is 1. The van der Waals surface area contributed by atoms with Crippen molar-refractivity contribution in [1.82, 2.24) is 0 Å². The molecule has 0 amide bonds. The van der Waals surface area contributed by atoms with Gasteiger partial charge >= 0.3 is 0 Å². The van der Waals surface area contributed by atoms with Crippen LogP contribution in [0.3, 0.4) is 0 Å². The first-order chi connectivity index (χ1) is 7.22. The smallest absolute Gasteiger partial charge is 0.183 e. The molecule has 0 aliphatic heterocycles. The second kappa shape index (κ2) is 4.26. The second-order valence-corrected chi connectivity index (χ2v) is 7.22. The van der Waals surface area contributed by atoms with Crippen molar-refractivity contribution in [2.24, 2.45) is 0 Å². The van der Waals surface area contributed by atoms with Gasteiger partial charge in [0.1, 0.15) is 5.75 Å². The Hall–Kier alpha value is -0.740. The standard InChI is InChI=1S/C11H15ClO3S/c1-4-11(2,3)16(14,15)8-5-6-10(13)9(12)7-8/h5-7,13H,4H2,1-3H3. The highest BCUT2D eigenvalue weighted by Crippen LogP contribution is 2.32. The highest BCUT2D eigenvalue weighted by Gasteiger charge is 2.34. The molecule has 0 aliphatic carbocycles. The van der Waals surface area contributed by atoms with Gasteiger partial charge in [0.2, 0.25) is 0 Å². The lowest BCUT2D eigenvalue weighted by Crippen LogP contribution is -2.30. The molecule has 0 saturated heterocycles. The molecule has 1 N–H and O–H groups in total. The minimum atomic E-state index is -3.42. The third-order valence-electron chi connectivity index (χ3n) is 2.81. The number of hydrogen-bond donors (Lipinski definition) is 1. The monoisotopic (exact) mass is 262 g/mol. The van der Waals surface area contributed by atoms with E-state index in [1.165, 1.54) is 18.2 Å². The molecule has 0 heterocycles. The molecule has 1 aromatic carbocycles. The average molecular weight is 263 g/mol. The zero-order chi connectivity index (χ0) is 12.6. The first-order valence-corrected chi connectivity index (χ1v) is 6.81. The van der Waals surface area contributed by atoms with Crippen molar-refractivity contribution in [3.05, 3.63) is 23.2 Å². The predicted octanol–water partition coefficient (Wildman–Crippen LogP) is 3.01. The minimum Gasteiger partial charge on any atom is -0.506 e. The fourth-order valence-electron chi connectivity index (χ4n) is 1.16. The lowest BCUT2D eigenvalue weighted by Gasteiger charge is -2.23. The molecule has 0 fully saturated rings. The first-order valence-electron chi connectivity index (χ1n) is 4.95. The Kier molecular flexibility index (Phi) is 3.55. The van der Waals surface area contributed by atoms with Gasteiger partial charge in [-0.3, -0.25) is 0 Å². The molecule has 16 heavy (non-hydrogen) atoms. The van der Waals surface area contributed by atoms with Crippen molar-refractivity contribution in [3.63, 3.8) is 0 Å². The molecule has 1 aromatic rings. The number of hydrogen-bond acceptors (Lipinski definition) is 3. The molecule has 0 saturated carbocycles. The summed E-state index contributed by atoms with van der Waals surface area (Å²) < 4.78 is 23.6. The summed E-state index contributed by atoms with van der Waals surface area (Å²) in [4.78, 5) is 0.141. The molecule has 1 rings (SSSR count). The zero-order valence-corrected chi connectivity index (χ0v) is 11.1. The van der Waals surface area contributed by atoms with Crippen molar-refractivity contribution in [2.75, 3.05) is 0 Å². The van der Waals surface area contributed by atoms with Gasteiger partial charge < -0.3 is 5.11 Å². The van der Waals surface area contributed by atoms with Gasteiger partial charge in [-0.05, 0) is 38.5 Å². The van der Waals surface area contributed by atoms with Gasteiger partial charge in [-0.2, -0.15) is 0 Å². The largest absolute Gasteiger partial charge is 0.506 e. The molecule has 0 aromatic heterocycles. The summed E-state index contributed by atoms with van der Waals surface area (Å²) >= 11 is 5.70. The van der Waals surface area contributed by atoms with E-state index in [4.69, 9.17) is 11.6 Å². The third-order valence-corrected chi connectivity index (χ3v) is 5.73. The maximum atomic E-state index is 12.2. The Labute approximate surface area is 101 Å². The Morgan fingerprint density at radius 3 is 2.38 bits per heavy atom. The second-order valence-electron chi connectivity index (χ2n) is 4.23. The summed E-state index contributed by atoms with van der Waals surface area (Å²) in [5.41, 5.74) is 0. The molecule has 3 nitrogen and oxygen atoms in total. The number of benzene rings is 1. The van der Waals surface area contributed by atoms with E-state index < -0.39 is 14.6 Å². The SMILES string of the molecule is CCC(C)(C)S(=O)(=O)c1ccc(O)c(Cl)c1. The number of aromatic hydroxyl groups is 1. The van der Waals surface area contributed by atoms with Crippen LogP contribution in [-0.2, 0) is 9.84 Å². The maximum Gasteiger partial charge on any atom is 0.183 e. The number of phenols is 1. The van der Waals surface area contributed by atoms with Gasteiger partial charge in [0, 0.05) is 0 Å². The lowest BCUT2D eigenvalue weighted by atomic mass is 10.1. The average Bonchev–Trinajstić information content (AvgIpc) is 2.21. The fraction of sp³-hybridized carbons (Fsp3) is 0.455. The Morgan fingerprint density at radius 1 is 1.38 bits per heavy atom. The molecular formula is C11H15ClO3S. The van der Waals surface area contributed by atoms with Gasteiger partial charge in [0.15, 0.2) is 9.84 Å². The first kappa shape index (κ1) is 13.3. The van der Waals surface area contributed by atoms with Crippen molar-refractivity contribution >= 4 is 21.4 Å². The number of rotatable bonds is 3. The van der Waals surface area contributed by atoms with E-state index in [9.17, 15) is 13.5 Å². The predicted molar refractivity (Wildman–Crippen MR) is 64.7 cm³/mol. The van der Waals surface area contributed by atoms with Crippen LogP contribution in [0.5, 0.6) is 5.75 Å². The normalized spacial score (nSPS) is 12.8. The summed E-state index contributed by atoms with van der Waals surface area (Å²) in [6, 6.07) is 3.94. The van der Waals surface area contributed by atoms with Crippen LogP contribution < -0.4 is 0 Å². The van der Waals surface area contributed by atoms with E-state index >= 15 is 0 Å². The van der Waals surface area contributed by atoms with Crippen LogP contribution in [0.25, 0.3) is 0 Å². The topological polar surface area (TPSA) is 54.4 Å². The quantitative estimate of drug-likeness (QED) is 0.911. The summed E-state index contributed by atoms with van der Waals surface area (Å²) in [5, 5.41) is 9.29. The summed E-state index contributed by atoms with van der Waals surface area (Å²) in [5.74, 6) is -0.116. The maximum absolute atomic E-state index is 12.2. The van der Waals surface area contributed by atoms with Gasteiger partial charge in [0.05, 0.1) is 14.7 Å². The van der Waals surface area contributed by atoms with Crippen LogP contribution in [0.4, 0.5) is 0 Å². The summed E-state index contributed by atoms with van der Waals surface area (Å²) in [6.07, 6.45) is 0.508. The van der Waals surface area contributed by atoms with Gasteiger partial charge in [-0.25, -0.2) is 8.42 Å². The van der Waals surface area contributed by atoms with E-state index in [1.54, 1.807) is 13.8 Å². The summed E-state index contributed by atoms with van der Waals surface area (Å²) in [7, 11) is -3.42.